The molecule has 0 aliphatic carbocycles. The van der Waals surface area contributed by atoms with Gasteiger partial charge in [0.15, 0.2) is 0 Å². The molecule has 0 heterocycles. The Kier molecular flexibility index (Phi) is 24.5. The van der Waals surface area contributed by atoms with Gasteiger partial charge in [0, 0.05) is 6.42 Å². The van der Waals surface area contributed by atoms with E-state index in [2.05, 4.69) is 19.1 Å². The number of quaternary nitrogens is 1. The van der Waals surface area contributed by atoms with Gasteiger partial charge in [-0.3, -0.25) is 13.8 Å². The second-order valence-corrected chi connectivity index (χ2v) is 13.1. The summed E-state index contributed by atoms with van der Waals surface area (Å²) in [7, 11) is 1.55. The molecule has 0 saturated heterocycles. The number of unbranched alkanes of at least 4 members (excludes halogenated alkanes) is 15. The number of allylic oxidation sites excluding steroid dienone is 2. The summed E-state index contributed by atoms with van der Waals surface area (Å²) in [5.41, 5.74) is 0. The van der Waals surface area contributed by atoms with Crippen molar-refractivity contribution >= 4 is 13.8 Å². The number of likely N-dealkylation sites (N-methyl/N-ethyl adjacent to an activating group) is 1. The lowest BCUT2D eigenvalue weighted by atomic mass is 10.1. The van der Waals surface area contributed by atoms with Crippen molar-refractivity contribution in [2.75, 3.05) is 47.5 Å². The second-order valence-electron chi connectivity index (χ2n) is 11.7. The normalized spacial score (nSPS) is 14.5. The molecule has 0 spiro atoms. The van der Waals surface area contributed by atoms with Gasteiger partial charge in [-0.1, -0.05) is 96.1 Å². The van der Waals surface area contributed by atoms with Crippen LogP contribution in [0.4, 0.5) is 0 Å². The molecule has 0 radical (unpaired) electrons. The number of rotatable bonds is 28. The molecule has 0 rings (SSSR count). The Bertz CT molecular complexity index is 652. The number of phosphoric ester groups is 1. The number of esters is 1. The highest BCUT2D eigenvalue weighted by atomic mass is 31.2. The molecule has 0 bridgehead atoms. The minimum atomic E-state index is -4.26. The highest BCUT2D eigenvalue weighted by Crippen LogP contribution is 2.43. The van der Waals surface area contributed by atoms with Crippen LogP contribution in [0, 0.1) is 0 Å². The minimum Gasteiger partial charge on any atom is -0.457 e. The number of aliphatic hydroxyl groups is 1. The van der Waals surface area contributed by atoms with Crippen molar-refractivity contribution in [3.05, 3.63) is 12.2 Å². The van der Waals surface area contributed by atoms with Crippen molar-refractivity contribution in [1.29, 1.82) is 0 Å². The molecule has 9 heteroatoms. The quantitative estimate of drug-likeness (QED) is 0.0329. The van der Waals surface area contributed by atoms with Crippen LogP contribution in [0.25, 0.3) is 0 Å². The summed E-state index contributed by atoms with van der Waals surface area (Å²) >= 11 is 0. The molecular weight excluding hydrogens is 517 g/mol. The van der Waals surface area contributed by atoms with Gasteiger partial charge in [-0.15, -0.1) is 0 Å². The van der Waals surface area contributed by atoms with E-state index in [1.165, 1.54) is 89.9 Å². The summed E-state index contributed by atoms with van der Waals surface area (Å²) in [6.07, 6.45) is 25.0. The number of carbonyl (C=O) groups is 1. The van der Waals surface area contributed by atoms with Gasteiger partial charge in [-0.25, -0.2) is 4.57 Å². The molecule has 0 fully saturated rings. The molecule has 0 aromatic rings. The van der Waals surface area contributed by atoms with Gasteiger partial charge in [-0.05, 0) is 32.1 Å². The monoisotopic (exact) mass is 578 g/mol. The molecule has 8 nitrogen and oxygen atoms in total. The van der Waals surface area contributed by atoms with E-state index in [1.807, 2.05) is 21.1 Å². The summed E-state index contributed by atoms with van der Waals surface area (Å²) in [5.74, 6) is -0.433. The van der Waals surface area contributed by atoms with E-state index in [9.17, 15) is 19.4 Å². The lowest BCUT2D eigenvalue weighted by molar-refractivity contribution is -0.870. The summed E-state index contributed by atoms with van der Waals surface area (Å²) < 4.78 is 27.5. The van der Waals surface area contributed by atoms with Gasteiger partial charge in [-0.2, -0.15) is 0 Å². The van der Waals surface area contributed by atoms with E-state index in [0.717, 1.165) is 19.3 Å². The van der Waals surface area contributed by atoms with Crippen LogP contribution in [0.1, 0.15) is 122 Å². The predicted octanol–water partition coefficient (Wildman–Crippen LogP) is 7.33. The largest absolute Gasteiger partial charge is 0.472 e. The third kappa shape index (κ3) is 28.6. The van der Waals surface area contributed by atoms with Crippen molar-refractivity contribution in [1.82, 2.24) is 0 Å². The van der Waals surface area contributed by atoms with Crippen LogP contribution >= 0.6 is 7.82 Å². The Labute approximate surface area is 239 Å². The SMILES string of the molecule is CCCCCCCCC=CCCCCCCCCCCCC(=O)O[C@@H](CO)COP(=O)(O)OCC[N+](C)(C)C. The molecule has 0 aromatic carbocycles. The zero-order valence-electron chi connectivity index (χ0n) is 25.6. The zero-order chi connectivity index (χ0) is 29.2. The minimum absolute atomic E-state index is 0.0534. The summed E-state index contributed by atoms with van der Waals surface area (Å²) in [6.45, 7) is 1.97. The van der Waals surface area contributed by atoms with Gasteiger partial charge < -0.3 is 19.2 Å². The highest BCUT2D eigenvalue weighted by Gasteiger charge is 2.25. The molecule has 2 atom stereocenters. The molecule has 0 aliphatic rings. The van der Waals surface area contributed by atoms with E-state index < -0.39 is 33.1 Å². The standard InChI is InChI=1S/C30H60NO7P/c1-5-6-7-8-9-10-11-12-13-14-15-16-17-18-19-20-21-22-23-24-30(33)38-29(27-32)28-37-39(34,35)36-26-25-31(2,3)4/h12-13,29,32H,5-11,14-28H2,1-4H3/p+1/t29-/m0/s1. The van der Waals surface area contributed by atoms with Crippen molar-refractivity contribution in [3.63, 3.8) is 0 Å². The Morgan fingerprint density at radius 3 is 1.77 bits per heavy atom. The maximum absolute atomic E-state index is 12.0. The second kappa shape index (κ2) is 25.0. The number of ether oxygens (including phenoxy) is 1. The van der Waals surface area contributed by atoms with Gasteiger partial charge in [0.05, 0.1) is 34.4 Å². The van der Waals surface area contributed by atoms with E-state index in [0.29, 0.717) is 11.0 Å². The van der Waals surface area contributed by atoms with Crippen LogP contribution in [-0.4, -0.2) is 74.1 Å². The molecule has 0 saturated carbocycles. The van der Waals surface area contributed by atoms with Crippen molar-refractivity contribution in [2.24, 2.45) is 0 Å². The predicted molar refractivity (Wildman–Crippen MR) is 160 cm³/mol. The number of aliphatic hydroxyl groups excluding tert-OH is 1. The number of nitrogens with zero attached hydrogens (tertiary/aromatic N) is 1. The molecule has 0 amide bonds. The lowest BCUT2D eigenvalue weighted by Crippen LogP contribution is -2.37. The first kappa shape index (κ1) is 38.2. The van der Waals surface area contributed by atoms with Crippen LogP contribution in [-0.2, 0) is 23.1 Å². The highest BCUT2D eigenvalue weighted by molar-refractivity contribution is 7.47. The van der Waals surface area contributed by atoms with Gasteiger partial charge in [0.2, 0.25) is 0 Å². The Morgan fingerprint density at radius 2 is 1.28 bits per heavy atom. The first-order chi connectivity index (χ1) is 18.6. The molecule has 0 aromatic heterocycles. The molecule has 2 N–H and O–H groups in total. The van der Waals surface area contributed by atoms with Crippen LogP contribution in [0.3, 0.4) is 0 Å². The molecule has 39 heavy (non-hydrogen) atoms. The third-order valence-electron chi connectivity index (χ3n) is 6.58. The average molecular weight is 579 g/mol. The molecule has 0 aliphatic heterocycles. The van der Waals surface area contributed by atoms with Crippen LogP contribution in [0.2, 0.25) is 0 Å². The Balaban J connectivity index is 3.62. The molecular formula is C30H61NO7P+. The zero-order valence-corrected chi connectivity index (χ0v) is 26.5. The fraction of sp³-hybridized carbons (Fsp3) is 0.900. The van der Waals surface area contributed by atoms with E-state index >= 15 is 0 Å². The first-order valence-corrected chi connectivity index (χ1v) is 17.0. The Hall–Kier alpha value is -0.760. The number of hydrogen-bond acceptors (Lipinski definition) is 6. The van der Waals surface area contributed by atoms with E-state index in [-0.39, 0.29) is 13.0 Å². The van der Waals surface area contributed by atoms with Gasteiger partial charge in [0.25, 0.3) is 0 Å². The fourth-order valence-electron chi connectivity index (χ4n) is 4.06. The average Bonchev–Trinajstić information content (AvgIpc) is 2.87. The van der Waals surface area contributed by atoms with Crippen LogP contribution < -0.4 is 0 Å². The maximum atomic E-state index is 12.0. The van der Waals surface area contributed by atoms with Crippen molar-refractivity contribution in [3.8, 4) is 0 Å². The van der Waals surface area contributed by atoms with Gasteiger partial charge >= 0.3 is 13.8 Å². The number of hydrogen-bond donors (Lipinski definition) is 2. The summed E-state index contributed by atoms with van der Waals surface area (Å²) in [4.78, 5) is 21.8. The van der Waals surface area contributed by atoms with Crippen LogP contribution in [0.5, 0.6) is 0 Å². The molecule has 1 unspecified atom stereocenters. The molecule has 232 valence electrons. The van der Waals surface area contributed by atoms with Crippen molar-refractivity contribution in [2.45, 2.75) is 129 Å². The van der Waals surface area contributed by atoms with Gasteiger partial charge in [0.1, 0.15) is 19.3 Å². The number of carbonyl (C=O) groups excluding carboxylic acids is 1. The van der Waals surface area contributed by atoms with E-state index in [1.54, 1.807) is 0 Å². The third-order valence-corrected chi connectivity index (χ3v) is 7.57. The van der Waals surface area contributed by atoms with Crippen LogP contribution in [0.15, 0.2) is 12.2 Å². The summed E-state index contributed by atoms with van der Waals surface area (Å²) in [5, 5.41) is 9.41. The summed E-state index contributed by atoms with van der Waals surface area (Å²) in [6, 6.07) is 0. The number of phosphoric acid groups is 1. The van der Waals surface area contributed by atoms with Crippen molar-refractivity contribution < 1.29 is 37.6 Å². The van der Waals surface area contributed by atoms with E-state index in [4.69, 9.17) is 13.8 Å². The fourth-order valence-corrected chi connectivity index (χ4v) is 4.80. The lowest BCUT2D eigenvalue weighted by Gasteiger charge is -2.24. The maximum Gasteiger partial charge on any atom is 0.472 e. The Morgan fingerprint density at radius 1 is 0.795 bits per heavy atom. The first-order valence-electron chi connectivity index (χ1n) is 15.5. The smallest absolute Gasteiger partial charge is 0.457 e. The topological polar surface area (TPSA) is 102 Å².